The van der Waals surface area contributed by atoms with Crippen LogP contribution in [0, 0.1) is 0 Å². The summed E-state index contributed by atoms with van der Waals surface area (Å²) in [4.78, 5) is 28.8. The van der Waals surface area contributed by atoms with Gasteiger partial charge in [-0.2, -0.15) is 0 Å². The molecule has 184 valence electrons. The van der Waals surface area contributed by atoms with Crippen molar-refractivity contribution in [3.05, 3.63) is 107 Å². The Labute approximate surface area is 218 Å². The fourth-order valence-corrected chi connectivity index (χ4v) is 4.82. The van der Waals surface area contributed by atoms with Gasteiger partial charge in [0, 0.05) is 29.3 Å². The zero-order chi connectivity index (χ0) is 25.3. The fourth-order valence-electron chi connectivity index (χ4n) is 3.75. The van der Waals surface area contributed by atoms with E-state index in [0.717, 1.165) is 16.7 Å². The molecule has 4 nitrogen and oxygen atoms in total. The van der Waals surface area contributed by atoms with Crippen molar-refractivity contribution < 1.29 is 9.59 Å². The van der Waals surface area contributed by atoms with Crippen molar-refractivity contribution in [2.24, 2.45) is 0 Å². The second kappa shape index (κ2) is 12.8. The van der Waals surface area contributed by atoms with Crippen LogP contribution in [0.2, 0.25) is 5.02 Å². The van der Waals surface area contributed by atoms with E-state index in [0.29, 0.717) is 23.7 Å². The molecule has 0 spiro atoms. The SMILES string of the molecule is CC(C)(C)NC(=O)C(Cc1ccccc1)N(Cc1ccccc1)C(=O)CSCc1cccc(Cl)c1. The van der Waals surface area contributed by atoms with Crippen LogP contribution in [0.5, 0.6) is 0 Å². The molecule has 6 heteroatoms. The Bertz CT molecular complexity index is 1100. The van der Waals surface area contributed by atoms with E-state index in [4.69, 9.17) is 11.6 Å². The number of thioether (sulfide) groups is 1. The number of hydrogen-bond donors (Lipinski definition) is 1. The molecule has 0 heterocycles. The largest absolute Gasteiger partial charge is 0.350 e. The summed E-state index contributed by atoms with van der Waals surface area (Å²) in [5, 5.41) is 3.78. The standard InChI is InChI=1S/C29H33ClN2O2S/c1-29(2,3)31-28(34)26(18-22-11-6-4-7-12-22)32(19-23-13-8-5-9-14-23)27(33)21-35-20-24-15-10-16-25(30)17-24/h4-17,26H,18-21H2,1-3H3,(H,31,34). The first-order valence-corrected chi connectivity index (χ1v) is 13.3. The van der Waals surface area contributed by atoms with E-state index in [2.05, 4.69) is 5.32 Å². The van der Waals surface area contributed by atoms with Gasteiger partial charge in [-0.05, 0) is 49.6 Å². The van der Waals surface area contributed by atoms with Crippen LogP contribution in [0.4, 0.5) is 0 Å². The predicted octanol–water partition coefficient (Wildman–Crippen LogP) is 6.13. The van der Waals surface area contributed by atoms with Gasteiger partial charge in [0.05, 0.1) is 5.75 Å². The van der Waals surface area contributed by atoms with Crippen LogP contribution in [0.15, 0.2) is 84.9 Å². The van der Waals surface area contributed by atoms with E-state index in [1.165, 1.54) is 11.8 Å². The molecule has 0 fully saturated rings. The average Bonchev–Trinajstić information content (AvgIpc) is 2.81. The number of rotatable bonds is 10. The zero-order valence-electron chi connectivity index (χ0n) is 20.5. The van der Waals surface area contributed by atoms with Gasteiger partial charge in [-0.25, -0.2) is 0 Å². The molecule has 1 unspecified atom stereocenters. The molecule has 2 amide bonds. The molecule has 1 N–H and O–H groups in total. The lowest BCUT2D eigenvalue weighted by atomic mass is 10.0. The summed E-state index contributed by atoms with van der Waals surface area (Å²) in [6, 6.07) is 26.7. The average molecular weight is 509 g/mol. The zero-order valence-corrected chi connectivity index (χ0v) is 22.1. The van der Waals surface area contributed by atoms with Gasteiger partial charge in [0.15, 0.2) is 0 Å². The Kier molecular flexibility index (Phi) is 9.82. The molecule has 0 aliphatic carbocycles. The van der Waals surface area contributed by atoms with Crippen LogP contribution in [0.25, 0.3) is 0 Å². The van der Waals surface area contributed by atoms with E-state index in [9.17, 15) is 9.59 Å². The molecule has 0 saturated heterocycles. The van der Waals surface area contributed by atoms with E-state index in [1.54, 1.807) is 4.90 Å². The molecular weight excluding hydrogens is 476 g/mol. The molecule has 3 aromatic carbocycles. The highest BCUT2D eigenvalue weighted by molar-refractivity contribution is 7.99. The molecule has 35 heavy (non-hydrogen) atoms. The lowest BCUT2D eigenvalue weighted by Crippen LogP contribution is -2.54. The Morgan fingerprint density at radius 2 is 1.49 bits per heavy atom. The lowest BCUT2D eigenvalue weighted by molar-refractivity contribution is -0.140. The number of amides is 2. The van der Waals surface area contributed by atoms with Gasteiger partial charge in [-0.15, -0.1) is 11.8 Å². The van der Waals surface area contributed by atoms with Crippen molar-refractivity contribution in [1.82, 2.24) is 10.2 Å². The normalized spacial score (nSPS) is 12.1. The van der Waals surface area contributed by atoms with Crippen LogP contribution in [-0.2, 0) is 28.3 Å². The minimum Gasteiger partial charge on any atom is -0.350 e. The smallest absolute Gasteiger partial charge is 0.243 e. The number of carbonyl (C=O) groups is 2. The van der Waals surface area contributed by atoms with Crippen LogP contribution >= 0.6 is 23.4 Å². The lowest BCUT2D eigenvalue weighted by Gasteiger charge is -2.34. The number of benzene rings is 3. The number of nitrogens with one attached hydrogen (secondary N) is 1. The number of hydrogen-bond acceptors (Lipinski definition) is 3. The molecule has 3 rings (SSSR count). The van der Waals surface area contributed by atoms with Gasteiger partial charge in [0.2, 0.25) is 11.8 Å². The Balaban J connectivity index is 1.84. The minimum atomic E-state index is -0.629. The minimum absolute atomic E-state index is 0.0640. The Morgan fingerprint density at radius 1 is 0.886 bits per heavy atom. The van der Waals surface area contributed by atoms with Crippen LogP contribution < -0.4 is 5.32 Å². The summed E-state index contributed by atoms with van der Waals surface area (Å²) in [6.07, 6.45) is 0.445. The van der Waals surface area contributed by atoms with Gasteiger partial charge in [0.1, 0.15) is 6.04 Å². The summed E-state index contributed by atoms with van der Waals surface area (Å²) in [5.41, 5.74) is 2.66. The molecule has 0 aliphatic rings. The van der Waals surface area contributed by atoms with Gasteiger partial charge in [-0.3, -0.25) is 9.59 Å². The van der Waals surface area contributed by atoms with Gasteiger partial charge >= 0.3 is 0 Å². The Morgan fingerprint density at radius 3 is 2.09 bits per heavy atom. The summed E-state index contributed by atoms with van der Waals surface area (Å²) < 4.78 is 0. The van der Waals surface area contributed by atoms with Crippen molar-refractivity contribution in [2.45, 2.75) is 51.1 Å². The summed E-state index contributed by atoms with van der Waals surface area (Å²) in [7, 11) is 0. The number of halogens is 1. The first kappa shape index (κ1) is 26.8. The number of carbonyl (C=O) groups excluding carboxylic acids is 2. The van der Waals surface area contributed by atoms with Crippen molar-refractivity contribution in [3.63, 3.8) is 0 Å². The molecule has 0 saturated carbocycles. The molecule has 0 aliphatic heterocycles. The molecule has 0 radical (unpaired) electrons. The third-order valence-corrected chi connectivity index (χ3v) is 6.57. The topological polar surface area (TPSA) is 49.4 Å². The fraction of sp³-hybridized carbons (Fsp3) is 0.310. The summed E-state index contributed by atoms with van der Waals surface area (Å²) in [5.74, 6) is 0.729. The highest BCUT2D eigenvalue weighted by atomic mass is 35.5. The van der Waals surface area contributed by atoms with E-state index in [-0.39, 0.29) is 17.6 Å². The Hall–Kier alpha value is -2.76. The quantitative estimate of drug-likeness (QED) is 0.358. The third-order valence-electron chi connectivity index (χ3n) is 5.35. The van der Waals surface area contributed by atoms with Crippen LogP contribution in [-0.4, -0.2) is 34.0 Å². The second-order valence-corrected chi connectivity index (χ2v) is 11.0. The number of nitrogens with zero attached hydrogens (tertiary/aromatic N) is 1. The maximum absolute atomic E-state index is 13.6. The first-order chi connectivity index (χ1) is 16.7. The van der Waals surface area contributed by atoms with Crippen molar-refractivity contribution >= 4 is 35.2 Å². The summed E-state index contributed by atoms with van der Waals surface area (Å²) >= 11 is 7.63. The second-order valence-electron chi connectivity index (χ2n) is 9.57. The molecule has 0 aromatic heterocycles. The van der Waals surface area contributed by atoms with Gasteiger partial charge in [0.25, 0.3) is 0 Å². The van der Waals surface area contributed by atoms with E-state index < -0.39 is 11.6 Å². The van der Waals surface area contributed by atoms with Crippen LogP contribution in [0.3, 0.4) is 0 Å². The van der Waals surface area contributed by atoms with Gasteiger partial charge in [-0.1, -0.05) is 84.4 Å². The van der Waals surface area contributed by atoms with Crippen molar-refractivity contribution in [1.29, 1.82) is 0 Å². The van der Waals surface area contributed by atoms with E-state index in [1.807, 2.05) is 106 Å². The summed E-state index contributed by atoms with van der Waals surface area (Å²) in [6.45, 7) is 6.23. The maximum Gasteiger partial charge on any atom is 0.243 e. The highest BCUT2D eigenvalue weighted by Gasteiger charge is 2.32. The maximum atomic E-state index is 13.6. The third kappa shape index (κ3) is 9.08. The molecule has 3 aromatic rings. The molecule has 0 bridgehead atoms. The van der Waals surface area contributed by atoms with Crippen molar-refractivity contribution in [3.8, 4) is 0 Å². The molecular formula is C29H33ClN2O2S. The van der Waals surface area contributed by atoms with Crippen molar-refractivity contribution in [2.75, 3.05) is 5.75 Å². The predicted molar refractivity (Wildman–Crippen MR) is 146 cm³/mol. The highest BCUT2D eigenvalue weighted by Crippen LogP contribution is 2.20. The van der Waals surface area contributed by atoms with E-state index >= 15 is 0 Å². The monoisotopic (exact) mass is 508 g/mol. The first-order valence-electron chi connectivity index (χ1n) is 11.7. The van der Waals surface area contributed by atoms with Gasteiger partial charge < -0.3 is 10.2 Å². The molecule has 1 atom stereocenters. The van der Waals surface area contributed by atoms with Crippen LogP contribution in [0.1, 0.15) is 37.5 Å².